The summed E-state index contributed by atoms with van der Waals surface area (Å²) < 4.78 is 38.8. The molecule has 0 saturated heterocycles. The first-order valence-electron chi connectivity index (χ1n) is 7.15. The summed E-state index contributed by atoms with van der Waals surface area (Å²) in [6, 6.07) is 0.00607. The van der Waals surface area contributed by atoms with Crippen molar-refractivity contribution >= 4 is 5.91 Å². The molecule has 0 spiro atoms. The van der Waals surface area contributed by atoms with Crippen LogP contribution >= 0.6 is 0 Å². The van der Waals surface area contributed by atoms with Crippen LogP contribution in [0.3, 0.4) is 0 Å². The molecule has 0 aliphatic heterocycles. The van der Waals surface area contributed by atoms with Gasteiger partial charge >= 0.3 is 6.18 Å². The standard InChI is InChI=1S/C14H23F3N2O/c1-8-10(18)5-4-9(12(8,2)3)11(20)19-13(6-7-13)14(15,16)17/h8-10H,4-7,18H2,1-3H3,(H,19,20). The topological polar surface area (TPSA) is 55.1 Å². The fourth-order valence-corrected chi connectivity index (χ4v) is 3.25. The molecule has 3 atom stereocenters. The third-order valence-electron chi connectivity index (χ3n) is 5.47. The zero-order chi connectivity index (χ0) is 15.3. The number of nitrogens with two attached hydrogens (primary N) is 1. The van der Waals surface area contributed by atoms with Gasteiger partial charge in [0.05, 0.1) is 0 Å². The van der Waals surface area contributed by atoms with Gasteiger partial charge in [-0.05, 0) is 37.0 Å². The maximum Gasteiger partial charge on any atom is 0.411 e. The lowest BCUT2D eigenvalue weighted by Gasteiger charge is -2.46. The van der Waals surface area contributed by atoms with Crippen LogP contribution in [0, 0.1) is 17.3 Å². The predicted molar refractivity (Wildman–Crippen MR) is 69.8 cm³/mol. The summed E-state index contributed by atoms with van der Waals surface area (Å²) in [6.45, 7) is 5.82. The Morgan fingerprint density at radius 2 is 1.80 bits per heavy atom. The molecule has 1 amide bonds. The highest BCUT2D eigenvalue weighted by Gasteiger charge is 2.65. The normalized spacial score (nSPS) is 35.5. The Morgan fingerprint density at radius 3 is 2.25 bits per heavy atom. The fraction of sp³-hybridized carbons (Fsp3) is 0.929. The molecule has 3 N–H and O–H groups in total. The molecule has 0 bridgehead atoms. The van der Waals surface area contributed by atoms with Crippen LogP contribution in [-0.2, 0) is 4.79 Å². The fourth-order valence-electron chi connectivity index (χ4n) is 3.25. The van der Waals surface area contributed by atoms with Crippen molar-refractivity contribution in [3.05, 3.63) is 0 Å². The maximum absolute atomic E-state index is 12.9. The van der Waals surface area contributed by atoms with Gasteiger partial charge in [0.1, 0.15) is 5.54 Å². The molecule has 0 aromatic heterocycles. The van der Waals surface area contributed by atoms with E-state index in [2.05, 4.69) is 5.32 Å². The molecule has 3 unspecified atom stereocenters. The number of alkyl halides is 3. The van der Waals surface area contributed by atoms with Gasteiger partial charge in [-0.15, -0.1) is 0 Å². The van der Waals surface area contributed by atoms with Gasteiger partial charge in [0.15, 0.2) is 0 Å². The number of nitrogens with one attached hydrogen (secondary N) is 1. The molecule has 0 aromatic rings. The van der Waals surface area contributed by atoms with Crippen molar-refractivity contribution in [2.24, 2.45) is 23.0 Å². The van der Waals surface area contributed by atoms with Crippen molar-refractivity contribution in [1.29, 1.82) is 0 Å². The summed E-state index contributed by atoms with van der Waals surface area (Å²) >= 11 is 0. The molecule has 0 heterocycles. The lowest BCUT2D eigenvalue weighted by atomic mass is 9.61. The summed E-state index contributed by atoms with van der Waals surface area (Å²) in [4.78, 5) is 12.3. The number of halogens is 3. The van der Waals surface area contributed by atoms with Crippen molar-refractivity contribution in [3.8, 4) is 0 Å². The van der Waals surface area contributed by atoms with Gasteiger partial charge in [-0.2, -0.15) is 13.2 Å². The van der Waals surface area contributed by atoms with E-state index in [0.29, 0.717) is 12.8 Å². The minimum absolute atomic E-state index is 0.00607. The number of rotatable bonds is 2. The maximum atomic E-state index is 12.9. The molecule has 0 radical (unpaired) electrons. The monoisotopic (exact) mass is 292 g/mol. The van der Waals surface area contributed by atoms with Crippen molar-refractivity contribution in [1.82, 2.24) is 5.32 Å². The van der Waals surface area contributed by atoms with Crippen LogP contribution in [0.15, 0.2) is 0 Å². The predicted octanol–water partition coefficient (Wildman–Crippen LogP) is 2.60. The molecule has 0 aromatic carbocycles. The quantitative estimate of drug-likeness (QED) is 0.822. The van der Waals surface area contributed by atoms with E-state index in [9.17, 15) is 18.0 Å². The zero-order valence-electron chi connectivity index (χ0n) is 12.2. The molecular weight excluding hydrogens is 269 g/mol. The van der Waals surface area contributed by atoms with E-state index in [4.69, 9.17) is 5.73 Å². The molecule has 6 heteroatoms. The van der Waals surface area contributed by atoms with Gasteiger partial charge in [0, 0.05) is 12.0 Å². The minimum Gasteiger partial charge on any atom is -0.342 e. The van der Waals surface area contributed by atoms with E-state index in [1.54, 1.807) is 0 Å². The number of carbonyl (C=O) groups excluding carboxylic acids is 1. The Balaban J connectivity index is 2.10. The third kappa shape index (κ3) is 2.43. The average molecular weight is 292 g/mol. The Bertz CT molecular complexity index is 402. The van der Waals surface area contributed by atoms with E-state index >= 15 is 0 Å². The molecule has 20 heavy (non-hydrogen) atoms. The van der Waals surface area contributed by atoms with Gasteiger partial charge in [0.25, 0.3) is 0 Å². The molecule has 2 rings (SSSR count). The second kappa shape index (κ2) is 4.61. The first kappa shape index (κ1) is 15.6. The Labute approximate surface area is 117 Å². The smallest absolute Gasteiger partial charge is 0.342 e. The lowest BCUT2D eigenvalue weighted by molar-refractivity contribution is -0.173. The molecule has 2 saturated carbocycles. The highest BCUT2D eigenvalue weighted by molar-refractivity contribution is 5.81. The number of hydrogen-bond donors (Lipinski definition) is 2. The molecule has 3 nitrogen and oxygen atoms in total. The van der Waals surface area contributed by atoms with Crippen LogP contribution < -0.4 is 11.1 Å². The second-order valence-corrected chi connectivity index (χ2v) is 6.97. The summed E-state index contributed by atoms with van der Waals surface area (Å²) in [5.74, 6) is -0.770. The van der Waals surface area contributed by atoms with Crippen molar-refractivity contribution < 1.29 is 18.0 Å². The molecule has 2 aliphatic rings. The molecule has 116 valence electrons. The molecular formula is C14H23F3N2O. The Kier molecular flexibility index (Phi) is 3.60. The summed E-state index contributed by atoms with van der Waals surface area (Å²) in [5.41, 5.74) is 3.66. The van der Waals surface area contributed by atoms with Crippen LogP contribution in [0.5, 0.6) is 0 Å². The number of hydrogen-bond acceptors (Lipinski definition) is 2. The highest BCUT2D eigenvalue weighted by Crippen LogP contribution is 2.50. The number of amides is 1. The van der Waals surface area contributed by atoms with Gasteiger partial charge in [0.2, 0.25) is 5.91 Å². The van der Waals surface area contributed by atoms with E-state index < -0.39 is 23.5 Å². The summed E-state index contributed by atoms with van der Waals surface area (Å²) in [7, 11) is 0. The third-order valence-corrected chi connectivity index (χ3v) is 5.47. The van der Waals surface area contributed by atoms with Crippen molar-refractivity contribution in [2.45, 2.75) is 64.2 Å². The van der Waals surface area contributed by atoms with Crippen LogP contribution in [0.4, 0.5) is 13.2 Å². The minimum atomic E-state index is -4.36. The molecule has 2 aliphatic carbocycles. The van der Waals surface area contributed by atoms with E-state index in [-0.39, 0.29) is 30.2 Å². The Hall–Kier alpha value is -0.780. The van der Waals surface area contributed by atoms with Gasteiger partial charge in [-0.3, -0.25) is 4.79 Å². The van der Waals surface area contributed by atoms with Crippen LogP contribution in [0.25, 0.3) is 0 Å². The first-order chi connectivity index (χ1) is 9.01. The summed E-state index contributed by atoms with van der Waals surface area (Å²) in [5, 5.41) is 2.26. The highest BCUT2D eigenvalue weighted by atomic mass is 19.4. The largest absolute Gasteiger partial charge is 0.411 e. The average Bonchev–Trinajstić information content (AvgIpc) is 3.06. The van der Waals surface area contributed by atoms with Crippen LogP contribution in [0.1, 0.15) is 46.5 Å². The van der Waals surface area contributed by atoms with Gasteiger partial charge < -0.3 is 11.1 Å². The zero-order valence-corrected chi connectivity index (χ0v) is 12.2. The van der Waals surface area contributed by atoms with E-state index in [1.807, 2.05) is 20.8 Å². The van der Waals surface area contributed by atoms with E-state index in [1.165, 1.54) is 0 Å². The van der Waals surface area contributed by atoms with Gasteiger partial charge in [-0.25, -0.2) is 0 Å². The second-order valence-electron chi connectivity index (χ2n) is 6.97. The van der Waals surface area contributed by atoms with Gasteiger partial charge in [-0.1, -0.05) is 20.8 Å². The first-order valence-corrected chi connectivity index (χ1v) is 7.15. The van der Waals surface area contributed by atoms with Crippen LogP contribution in [0.2, 0.25) is 0 Å². The van der Waals surface area contributed by atoms with E-state index in [0.717, 1.165) is 0 Å². The SMILES string of the molecule is CC1C(N)CCC(C(=O)NC2(C(F)(F)F)CC2)C1(C)C. The lowest BCUT2D eigenvalue weighted by Crippen LogP contribution is -2.56. The van der Waals surface area contributed by atoms with Crippen molar-refractivity contribution in [2.75, 3.05) is 0 Å². The summed E-state index contributed by atoms with van der Waals surface area (Å²) in [6.07, 6.45) is -3.14. The molecule has 2 fully saturated rings. The Morgan fingerprint density at radius 1 is 1.25 bits per heavy atom. The van der Waals surface area contributed by atoms with Crippen LogP contribution in [-0.4, -0.2) is 23.7 Å². The number of carbonyl (C=O) groups is 1. The van der Waals surface area contributed by atoms with Crippen molar-refractivity contribution in [3.63, 3.8) is 0 Å².